The van der Waals surface area contributed by atoms with E-state index in [-0.39, 0.29) is 5.91 Å². The average Bonchev–Trinajstić information content (AvgIpc) is 2.59. The van der Waals surface area contributed by atoms with Crippen molar-refractivity contribution in [3.8, 4) is 0 Å². The minimum absolute atomic E-state index is 0.213. The number of aryl methyl sites for hydroxylation is 1. The smallest absolute Gasteiger partial charge is 0.250 e. The first kappa shape index (κ1) is 20.7. The number of unbranched alkanes of at least 4 members (excludes halogenated alkanes) is 10. The van der Waals surface area contributed by atoms with Gasteiger partial charge >= 0.3 is 0 Å². The Morgan fingerprint density at radius 1 is 0.833 bits per heavy atom. The van der Waals surface area contributed by atoms with Gasteiger partial charge < -0.3 is 0 Å². The second kappa shape index (κ2) is 13.0. The summed E-state index contributed by atoms with van der Waals surface area (Å²) in [6, 6.07) is 7.34. The molecule has 3 nitrogen and oxygen atoms in total. The van der Waals surface area contributed by atoms with Crippen molar-refractivity contribution in [2.75, 3.05) is 5.06 Å². The molecule has 0 aliphatic rings. The van der Waals surface area contributed by atoms with Gasteiger partial charge in [-0.05, 0) is 25.5 Å². The Kier molecular flexibility index (Phi) is 11.2. The van der Waals surface area contributed by atoms with E-state index in [0.29, 0.717) is 12.1 Å². The zero-order valence-corrected chi connectivity index (χ0v) is 15.6. The molecule has 0 radical (unpaired) electrons. The molecule has 0 aliphatic heterocycles. The largest absolute Gasteiger partial charge is 0.281 e. The summed E-state index contributed by atoms with van der Waals surface area (Å²) < 4.78 is 0. The predicted molar refractivity (Wildman–Crippen MR) is 102 cm³/mol. The van der Waals surface area contributed by atoms with Gasteiger partial charge in [0.2, 0.25) is 0 Å². The average molecular weight is 334 g/mol. The number of anilines is 1. The Morgan fingerprint density at radius 2 is 1.29 bits per heavy atom. The fourth-order valence-electron chi connectivity index (χ4n) is 2.88. The maximum atomic E-state index is 12.0. The fourth-order valence-corrected chi connectivity index (χ4v) is 2.88. The van der Waals surface area contributed by atoms with Gasteiger partial charge in [0, 0.05) is 6.42 Å². The van der Waals surface area contributed by atoms with Crippen molar-refractivity contribution in [3.63, 3.8) is 0 Å². The van der Waals surface area contributed by atoms with Crippen molar-refractivity contribution >= 4 is 11.6 Å². The standard InChI is InChI=1S/C21H35NO2/c1-3-4-5-6-7-8-9-10-11-12-13-14-21(23)22(24)20-17-15-19(2)16-18-20/h15-18,24H,3-14H2,1-2H3. The number of hydrogen-bond donors (Lipinski definition) is 1. The van der Waals surface area contributed by atoms with Crippen LogP contribution in [-0.2, 0) is 4.79 Å². The van der Waals surface area contributed by atoms with E-state index in [1.54, 1.807) is 12.1 Å². The van der Waals surface area contributed by atoms with E-state index in [9.17, 15) is 10.0 Å². The maximum Gasteiger partial charge on any atom is 0.250 e. The summed E-state index contributed by atoms with van der Waals surface area (Å²) in [7, 11) is 0. The number of rotatable bonds is 13. The summed E-state index contributed by atoms with van der Waals surface area (Å²) in [5.74, 6) is -0.213. The summed E-state index contributed by atoms with van der Waals surface area (Å²) in [6.07, 6.45) is 14.3. The topological polar surface area (TPSA) is 40.5 Å². The molecule has 0 spiro atoms. The van der Waals surface area contributed by atoms with E-state index in [4.69, 9.17) is 0 Å². The SMILES string of the molecule is CCCCCCCCCCCCCC(=O)N(O)c1ccc(C)cc1. The fraction of sp³-hybridized carbons (Fsp3) is 0.667. The van der Waals surface area contributed by atoms with Gasteiger partial charge in [-0.2, -0.15) is 5.06 Å². The first-order valence-electron chi connectivity index (χ1n) is 9.73. The van der Waals surface area contributed by atoms with Crippen LogP contribution in [0.1, 0.15) is 89.5 Å². The van der Waals surface area contributed by atoms with Gasteiger partial charge in [-0.1, -0.05) is 88.8 Å². The normalized spacial score (nSPS) is 10.8. The van der Waals surface area contributed by atoms with Gasteiger partial charge in [-0.25, -0.2) is 0 Å². The highest BCUT2D eigenvalue weighted by molar-refractivity contribution is 5.90. The minimum atomic E-state index is -0.213. The molecule has 24 heavy (non-hydrogen) atoms. The molecular weight excluding hydrogens is 298 g/mol. The Balaban J connectivity index is 2.00. The molecule has 1 aromatic rings. The summed E-state index contributed by atoms with van der Waals surface area (Å²) in [5, 5.41) is 10.7. The van der Waals surface area contributed by atoms with Gasteiger partial charge in [-0.3, -0.25) is 10.0 Å². The number of carbonyl (C=O) groups is 1. The van der Waals surface area contributed by atoms with E-state index < -0.39 is 0 Å². The van der Waals surface area contributed by atoms with E-state index in [1.807, 2.05) is 19.1 Å². The highest BCUT2D eigenvalue weighted by Gasteiger charge is 2.12. The van der Waals surface area contributed by atoms with Crippen molar-refractivity contribution < 1.29 is 10.0 Å². The Morgan fingerprint density at radius 3 is 1.79 bits per heavy atom. The van der Waals surface area contributed by atoms with Crippen molar-refractivity contribution in [3.05, 3.63) is 29.8 Å². The van der Waals surface area contributed by atoms with Gasteiger partial charge in [0.1, 0.15) is 0 Å². The lowest BCUT2D eigenvalue weighted by molar-refractivity contribution is -0.123. The monoisotopic (exact) mass is 333 g/mol. The Hall–Kier alpha value is -1.35. The first-order valence-corrected chi connectivity index (χ1v) is 9.73. The number of amides is 1. The molecule has 0 unspecified atom stereocenters. The van der Waals surface area contributed by atoms with E-state index >= 15 is 0 Å². The zero-order chi connectivity index (χ0) is 17.6. The van der Waals surface area contributed by atoms with Crippen molar-refractivity contribution in [2.24, 2.45) is 0 Å². The highest BCUT2D eigenvalue weighted by atomic mass is 16.5. The summed E-state index contributed by atoms with van der Waals surface area (Å²) in [6.45, 7) is 4.24. The molecule has 0 saturated heterocycles. The van der Waals surface area contributed by atoms with Gasteiger partial charge in [0.05, 0.1) is 5.69 Å². The second-order valence-corrected chi connectivity index (χ2v) is 6.83. The van der Waals surface area contributed by atoms with Crippen LogP contribution in [0, 0.1) is 6.92 Å². The third-order valence-corrected chi connectivity index (χ3v) is 4.51. The Labute approximate surface area is 148 Å². The quantitative estimate of drug-likeness (QED) is 0.257. The maximum absolute atomic E-state index is 12.0. The van der Waals surface area contributed by atoms with Crippen LogP contribution >= 0.6 is 0 Å². The second-order valence-electron chi connectivity index (χ2n) is 6.83. The van der Waals surface area contributed by atoms with Crippen molar-refractivity contribution in [1.29, 1.82) is 0 Å². The number of carbonyl (C=O) groups excluding carboxylic acids is 1. The van der Waals surface area contributed by atoms with Crippen LogP contribution in [0.5, 0.6) is 0 Å². The van der Waals surface area contributed by atoms with E-state index in [2.05, 4.69) is 6.92 Å². The number of benzene rings is 1. The van der Waals surface area contributed by atoms with Crippen LogP contribution in [0.25, 0.3) is 0 Å². The third-order valence-electron chi connectivity index (χ3n) is 4.51. The first-order chi connectivity index (χ1) is 11.6. The molecule has 136 valence electrons. The molecular formula is C21H35NO2. The molecule has 0 aliphatic carbocycles. The molecule has 1 N–H and O–H groups in total. The molecule has 0 bridgehead atoms. The van der Waals surface area contributed by atoms with Crippen LogP contribution in [0.3, 0.4) is 0 Å². The lowest BCUT2D eigenvalue weighted by Gasteiger charge is -2.15. The molecule has 0 aromatic heterocycles. The predicted octanol–water partition coefficient (Wildman–Crippen LogP) is 6.42. The lowest BCUT2D eigenvalue weighted by Crippen LogP contribution is -2.26. The molecule has 3 heteroatoms. The molecule has 1 aromatic carbocycles. The van der Waals surface area contributed by atoms with Gasteiger partial charge in [-0.15, -0.1) is 0 Å². The number of hydroxylamine groups is 1. The number of hydrogen-bond acceptors (Lipinski definition) is 2. The third kappa shape index (κ3) is 9.07. The van der Waals surface area contributed by atoms with Crippen LogP contribution < -0.4 is 5.06 Å². The molecule has 0 atom stereocenters. The summed E-state index contributed by atoms with van der Waals surface area (Å²) >= 11 is 0. The molecule has 1 rings (SSSR count). The highest BCUT2D eigenvalue weighted by Crippen LogP contribution is 2.16. The zero-order valence-electron chi connectivity index (χ0n) is 15.6. The van der Waals surface area contributed by atoms with Crippen LogP contribution in [-0.4, -0.2) is 11.1 Å². The van der Waals surface area contributed by atoms with Crippen LogP contribution in [0.2, 0.25) is 0 Å². The lowest BCUT2D eigenvalue weighted by atomic mass is 10.1. The van der Waals surface area contributed by atoms with Crippen molar-refractivity contribution in [2.45, 2.75) is 90.9 Å². The molecule has 1 amide bonds. The van der Waals surface area contributed by atoms with Crippen molar-refractivity contribution in [1.82, 2.24) is 0 Å². The minimum Gasteiger partial charge on any atom is -0.281 e. The van der Waals surface area contributed by atoms with E-state index in [1.165, 1.54) is 57.8 Å². The molecule has 0 saturated carbocycles. The van der Waals surface area contributed by atoms with Gasteiger partial charge in [0.25, 0.3) is 5.91 Å². The molecule has 0 fully saturated rings. The Bertz CT molecular complexity index is 442. The van der Waals surface area contributed by atoms with Crippen LogP contribution in [0.15, 0.2) is 24.3 Å². The van der Waals surface area contributed by atoms with E-state index in [0.717, 1.165) is 23.5 Å². The molecule has 0 heterocycles. The van der Waals surface area contributed by atoms with Gasteiger partial charge in [0.15, 0.2) is 0 Å². The number of nitrogens with zero attached hydrogens (tertiary/aromatic N) is 1. The summed E-state index contributed by atoms with van der Waals surface area (Å²) in [4.78, 5) is 12.0. The van der Waals surface area contributed by atoms with Crippen LogP contribution in [0.4, 0.5) is 5.69 Å². The summed E-state index contributed by atoms with van der Waals surface area (Å²) in [5.41, 5.74) is 1.67.